The highest BCUT2D eigenvalue weighted by Crippen LogP contribution is 2.23. The second-order valence-corrected chi connectivity index (χ2v) is 4.56. The zero-order valence-corrected chi connectivity index (χ0v) is 10.3. The quantitative estimate of drug-likeness (QED) is 0.812. The lowest BCUT2D eigenvalue weighted by Crippen LogP contribution is -2.30. The summed E-state index contributed by atoms with van der Waals surface area (Å²) in [4.78, 5) is 4.61. The largest absolute Gasteiger partial charge is 0.314 e. The molecule has 1 heterocycles. The number of nitrogens with one attached hydrogen (secondary N) is 1. The second kappa shape index (κ2) is 5.47. The van der Waals surface area contributed by atoms with Gasteiger partial charge in [0.1, 0.15) is 0 Å². The van der Waals surface area contributed by atoms with Crippen LogP contribution in [0.4, 0.5) is 0 Å². The summed E-state index contributed by atoms with van der Waals surface area (Å²) in [5, 5.41) is 6.87. The van der Waals surface area contributed by atoms with Crippen molar-refractivity contribution in [3.63, 3.8) is 0 Å². The summed E-state index contributed by atoms with van der Waals surface area (Å²) in [6.45, 7) is 9.78. The molecule has 2 unspecified atom stereocenters. The molecule has 0 aliphatic heterocycles. The predicted octanol–water partition coefficient (Wildman–Crippen LogP) is 2.81. The third-order valence-electron chi connectivity index (χ3n) is 2.60. The number of hydrogen-bond donors (Lipinski definition) is 1. The van der Waals surface area contributed by atoms with Gasteiger partial charge in [0, 0.05) is 17.3 Å². The number of hydrogen-bond acceptors (Lipinski definition) is 3. The van der Waals surface area contributed by atoms with Gasteiger partial charge in [-0.2, -0.15) is 0 Å². The van der Waals surface area contributed by atoms with E-state index in [0.717, 1.165) is 13.0 Å². The van der Waals surface area contributed by atoms with Crippen molar-refractivity contribution in [2.75, 3.05) is 6.54 Å². The number of thiazole rings is 1. The van der Waals surface area contributed by atoms with Crippen molar-refractivity contribution in [3.8, 4) is 0 Å². The van der Waals surface area contributed by atoms with Gasteiger partial charge in [0.2, 0.25) is 0 Å². The number of likely N-dealkylation sites (N-methyl/N-ethyl adjacent to an activating group) is 1. The minimum absolute atomic E-state index is 0.510. The summed E-state index contributed by atoms with van der Waals surface area (Å²) in [5.41, 5.74) is 1.22. The fourth-order valence-corrected chi connectivity index (χ4v) is 2.47. The van der Waals surface area contributed by atoms with Crippen LogP contribution in [-0.4, -0.2) is 17.6 Å². The van der Waals surface area contributed by atoms with E-state index in [9.17, 15) is 0 Å². The van der Waals surface area contributed by atoms with E-state index in [-0.39, 0.29) is 0 Å². The van der Waals surface area contributed by atoms with Crippen molar-refractivity contribution in [2.24, 2.45) is 0 Å². The Balaban J connectivity index is 2.63. The van der Waals surface area contributed by atoms with Crippen LogP contribution in [0.25, 0.3) is 0 Å². The Morgan fingerprint density at radius 2 is 2.14 bits per heavy atom. The molecule has 80 valence electrons. The summed E-state index contributed by atoms with van der Waals surface area (Å²) < 4.78 is 0. The van der Waals surface area contributed by atoms with Gasteiger partial charge < -0.3 is 5.32 Å². The van der Waals surface area contributed by atoms with Crippen molar-refractivity contribution in [2.45, 2.75) is 46.1 Å². The molecule has 0 saturated heterocycles. The molecule has 0 radical (unpaired) electrons. The maximum Gasteiger partial charge on any atom is 0.0971 e. The molecule has 0 aliphatic carbocycles. The molecule has 14 heavy (non-hydrogen) atoms. The van der Waals surface area contributed by atoms with Gasteiger partial charge >= 0.3 is 0 Å². The third-order valence-corrected chi connectivity index (χ3v) is 3.69. The Kier molecular flexibility index (Phi) is 4.55. The average Bonchev–Trinajstić information content (AvgIpc) is 2.65. The lowest BCUT2D eigenvalue weighted by atomic mass is 10.1. The van der Waals surface area contributed by atoms with Crippen molar-refractivity contribution >= 4 is 11.3 Å². The van der Waals surface area contributed by atoms with Crippen LogP contribution in [0.3, 0.4) is 0 Å². The van der Waals surface area contributed by atoms with E-state index < -0.39 is 0 Å². The molecule has 1 N–H and O–H groups in total. The Bertz CT molecular complexity index is 270. The van der Waals surface area contributed by atoms with E-state index >= 15 is 0 Å². The lowest BCUT2D eigenvalue weighted by molar-refractivity contribution is 0.493. The van der Waals surface area contributed by atoms with E-state index in [1.54, 1.807) is 11.3 Å². The first kappa shape index (κ1) is 11.7. The Morgan fingerprint density at radius 1 is 1.43 bits per heavy atom. The highest BCUT2D eigenvalue weighted by Gasteiger charge is 2.16. The molecule has 0 fully saturated rings. The zero-order chi connectivity index (χ0) is 10.6. The molecule has 0 aromatic carbocycles. The van der Waals surface area contributed by atoms with Crippen LogP contribution in [0, 0.1) is 0 Å². The molecule has 2 atom stereocenters. The van der Waals surface area contributed by atoms with Crippen molar-refractivity contribution in [1.82, 2.24) is 10.3 Å². The summed E-state index contributed by atoms with van der Waals surface area (Å²) >= 11 is 1.79. The molecule has 3 heteroatoms. The van der Waals surface area contributed by atoms with Crippen molar-refractivity contribution in [3.05, 3.63) is 16.1 Å². The maximum absolute atomic E-state index is 4.61. The van der Waals surface area contributed by atoms with Gasteiger partial charge in [-0.3, -0.25) is 0 Å². The minimum atomic E-state index is 0.510. The molecule has 0 saturated carbocycles. The monoisotopic (exact) mass is 212 g/mol. The first-order valence-corrected chi connectivity index (χ1v) is 6.24. The molecule has 1 aromatic heterocycles. The topological polar surface area (TPSA) is 24.9 Å². The standard InChI is InChI=1S/C11H20N2S/c1-5-10-7-14-11(13-10)8(3)9(4)12-6-2/h7-9,12H,5-6H2,1-4H3. The van der Waals surface area contributed by atoms with E-state index in [0.29, 0.717) is 12.0 Å². The van der Waals surface area contributed by atoms with Crippen LogP contribution in [0.2, 0.25) is 0 Å². The molecule has 2 nitrogen and oxygen atoms in total. The summed E-state index contributed by atoms with van der Waals surface area (Å²) in [6, 6.07) is 0.510. The summed E-state index contributed by atoms with van der Waals surface area (Å²) in [7, 11) is 0. The minimum Gasteiger partial charge on any atom is -0.314 e. The molecule has 0 amide bonds. The first-order valence-electron chi connectivity index (χ1n) is 5.36. The molecule has 0 aliphatic rings. The van der Waals surface area contributed by atoms with Gasteiger partial charge in [0.15, 0.2) is 0 Å². The van der Waals surface area contributed by atoms with Crippen LogP contribution < -0.4 is 5.32 Å². The smallest absolute Gasteiger partial charge is 0.0971 e. The molecule has 1 aromatic rings. The van der Waals surface area contributed by atoms with Crippen molar-refractivity contribution < 1.29 is 0 Å². The summed E-state index contributed by atoms with van der Waals surface area (Å²) in [5.74, 6) is 0.514. The predicted molar refractivity (Wildman–Crippen MR) is 63.0 cm³/mol. The van der Waals surface area contributed by atoms with Crippen LogP contribution in [0.5, 0.6) is 0 Å². The van der Waals surface area contributed by atoms with Gasteiger partial charge in [-0.15, -0.1) is 11.3 Å². The molecular formula is C11H20N2S. The van der Waals surface area contributed by atoms with E-state index in [4.69, 9.17) is 0 Å². The van der Waals surface area contributed by atoms with Gasteiger partial charge in [-0.1, -0.05) is 20.8 Å². The van der Waals surface area contributed by atoms with Gasteiger partial charge in [0.05, 0.1) is 10.7 Å². The number of nitrogens with zero attached hydrogens (tertiary/aromatic N) is 1. The fourth-order valence-electron chi connectivity index (χ4n) is 1.41. The lowest BCUT2D eigenvalue weighted by Gasteiger charge is -2.18. The average molecular weight is 212 g/mol. The fraction of sp³-hybridized carbons (Fsp3) is 0.727. The van der Waals surface area contributed by atoms with Crippen LogP contribution in [-0.2, 0) is 6.42 Å². The van der Waals surface area contributed by atoms with E-state index in [2.05, 4.69) is 43.4 Å². The molecule has 1 rings (SSSR count). The normalized spacial score (nSPS) is 15.4. The van der Waals surface area contributed by atoms with Crippen LogP contribution in [0.1, 0.15) is 44.3 Å². The number of rotatable bonds is 5. The molecule has 0 spiro atoms. The van der Waals surface area contributed by atoms with Crippen LogP contribution >= 0.6 is 11.3 Å². The zero-order valence-electron chi connectivity index (χ0n) is 9.50. The van der Waals surface area contributed by atoms with Gasteiger partial charge in [0.25, 0.3) is 0 Å². The van der Waals surface area contributed by atoms with Gasteiger partial charge in [-0.25, -0.2) is 4.98 Å². The SMILES string of the molecule is CCNC(C)C(C)c1nc(CC)cs1. The van der Waals surface area contributed by atoms with E-state index in [1.165, 1.54) is 10.7 Å². The highest BCUT2D eigenvalue weighted by atomic mass is 32.1. The number of aryl methyl sites for hydroxylation is 1. The number of aromatic nitrogens is 1. The highest BCUT2D eigenvalue weighted by molar-refractivity contribution is 7.09. The Labute approximate surface area is 90.8 Å². The molecular weight excluding hydrogens is 192 g/mol. The Morgan fingerprint density at radius 3 is 2.64 bits per heavy atom. The first-order chi connectivity index (χ1) is 6.69. The second-order valence-electron chi connectivity index (χ2n) is 3.67. The van der Waals surface area contributed by atoms with Crippen LogP contribution in [0.15, 0.2) is 5.38 Å². The molecule has 0 bridgehead atoms. The third kappa shape index (κ3) is 2.79. The maximum atomic E-state index is 4.61. The Hall–Kier alpha value is -0.410. The van der Waals surface area contributed by atoms with E-state index in [1.807, 2.05) is 0 Å². The summed E-state index contributed by atoms with van der Waals surface area (Å²) in [6.07, 6.45) is 1.04. The van der Waals surface area contributed by atoms with Gasteiger partial charge in [-0.05, 0) is 19.9 Å². The van der Waals surface area contributed by atoms with Crippen molar-refractivity contribution in [1.29, 1.82) is 0 Å².